The summed E-state index contributed by atoms with van der Waals surface area (Å²) in [4.78, 5) is 12.8. The van der Waals surface area contributed by atoms with Crippen LogP contribution in [0.4, 0.5) is 18.9 Å². The maximum absolute atomic E-state index is 12.0. The molecule has 0 radical (unpaired) electrons. The summed E-state index contributed by atoms with van der Waals surface area (Å²) in [6.45, 7) is 0. The first-order valence-electron chi connectivity index (χ1n) is 3.75. The second-order valence-corrected chi connectivity index (χ2v) is 3.37. The summed E-state index contributed by atoms with van der Waals surface area (Å²) in [6.07, 6.45) is -5.10. The molecule has 0 saturated heterocycles. The normalized spacial score (nSPS) is 10.8. The van der Waals surface area contributed by atoms with Gasteiger partial charge in [0.05, 0.1) is 4.92 Å². The monoisotopic (exact) mass is 311 g/mol. The lowest BCUT2D eigenvalue weighted by atomic mass is 10.3. The average Bonchev–Trinajstić information content (AvgIpc) is 2.12. The van der Waals surface area contributed by atoms with Crippen LogP contribution in [0.5, 0.6) is 5.75 Å². The van der Waals surface area contributed by atoms with Crippen molar-refractivity contribution in [3.8, 4) is 11.8 Å². The fourth-order valence-electron chi connectivity index (χ4n) is 0.942. The fraction of sp³-hybridized carbons (Fsp3) is 0.143. The average molecular weight is 312 g/mol. The van der Waals surface area contributed by atoms with E-state index < -0.39 is 28.4 Å². The minimum absolute atomic E-state index is 0.182. The molecule has 0 aliphatic heterocycles. The van der Waals surface area contributed by atoms with Gasteiger partial charge < -0.3 is 4.74 Å². The molecule has 1 rings (SSSR count). The molecule has 0 spiro atoms. The van der Waals surface area contributed by atoms with Crippen LogP contribution in [-0.4, -0.2) is 16.3 Å². The third-order valence-corrected chi connectivity index (χ3v) is 1.85. The molecule has 0 saturated carbocycles. The van der Waals surface area contributed by atoms with Gasteiger partial charge in [0.15, 0.2) is 0 Å². The van der Waals surface area contributed by atoms with E-state index in [4.69, 9.17) is 5.26 Å². The summed E-state index contributed by atoms with van der Waals surface area (Å²) in [5.41, 5.74) is -1.91. The number of hydrogen-bond donors (Lipinski definition) is 0. The van der Waals surface area contributed by atoms with E-state index in [1.54, 1.807) is 0 Å². The van der Waals surface area contributed by atoms with Crippen LogP contribution in [0, 0.1) is 21.4 Å². The molecule has 10 heteroatoms. The molecule has 0 aromatic carbocycles. The van der Waals surface area contributed by atoms with E-state index in [2.05, 4.69) is 25.7 Å². The van der Waals surface area contributed by atoms with E-state index in [1.165, 1.54) is 6.07 Å². The van der Waals surface area contributed by atoms with Gasteiger partial charge in [-0.05, 0) is 15.9 Å². The summed E-state index contributed by atoms with van der Waals surface area (Å²) in [5, 5.41) is 19.1. The Morgan fingerprint density at radius 1 is 1.59 bits per heavy atom. The highest BCUT2D eigenvalue weighted by Gasteiger charge is 2.36. The molecular formula is C7HBrF3N3O3. The van der Waals surface area contributed by atoms with Gasteiger partial charge in [0.25, 0.3) is 0 Å². The fourth-order valence-corrected chi connectivity index (χ4v) is 1.33. The van der Waals surface area contributed by atoms with Crippen LogP contribution in [-0.2, 0) is 0 Å². The van der Waals surface area contributed by atoms with Gasteiger partial charge in [-0.1, -0.05) is 0 Å². The van der Waals surface area contributed by atoms with Gasteiger partial charge in [-0.2, -0.15) is 5.26 Å². The van der Waals surface area contributed by atoms with Gasteiger partial charge in [-0.3, -0.25) is 10.1 Å². The molecule has 6 nitrogen and oxygen atoms in total. The quantitative estimate of drug-likeness (QED) is 0.475. The molecule has 1 aromatic rings. The molecular weight excluding hydrogens is 311 g/mol. The number of hydrogen-bond acceptors (Lipinski definition) is 5. The topological polar surface area (TPSA) is 89.0 Å². The third kappa shape index (κ3) is 3.28. The second-order valence-electron chi connectivity index (χ2n) is 2.56. The molecule has 0 bridgehead atoms. The van der Waals surface area contributed by atoms with Gasteiger partial charge >= 0.3 is 12.0 Å². The SMILES string of the molecule is N#Cc1nc(Br)cc(OC(F)(F)F)c1[N+](=O)[O-]. The van der Waals surface area contributed by atoms with Crippen LogP contribution in [0.15, 0.2) is 10.7 Å². The van der Waals surface area contributed by atoms with E-state index in [1.807, 2.05) is 0 Å². The van der Waals surface area contributed by atoms with Crippen molar-refractivity contribution in [2.75, 3.05) is 0 Å². The highest BCUT2D eigenvalue weighted by Crippen LogP contribution is 2.35. The van der Waals surface area contributed by atoms with Crippen LogP contribution in [0.25, 0.3) is 0 Å². The lowest BCUT2D eigenvalue weighted by molar-refractivity contribution is -0.389. The van der Waals surface area contributed by atoms with E-state index in [-0.39, 0.29) is 4.60 Å². The van der Waals surface area contributed by atoms with Crippen molar-refractivity contribution in [1.29, 1.82) is 5.26 Å². The first kappa shape index (κ1) is 13.2. The molecule has 1 heterocycles. The standard InChI is InChI=1S/C7HBrF3N3O3/c8-5-1-4(17-7(9,10)11)6(14(15)16)3(2-12)13-5/h1H. The number of nitriles is 1. The molecule has 17 heavy (non-hydrogen) atoms. The van der Waals surface area contributed by atoms with Crippen LogP contribution in [0.3, 0.4) is 0 Å². The lowest BCUT2D eigenvalue weighted by Gasteiger charge is -2.09. The van der Waals surface area contributed by atoms with Crippen LogP contribution >= 0.6 is 15.9 Å². The molecule has 0 fully saturated rings. The number of alkyl halides is 3. The van der Waals surface area contributed by atoms with Crippen LogP contribution < -0.4 is 4.74 Å². The maximum atomic E-state index is 12.0. The van der Waals surface area contributed by atoms with Crippen molar-refractivity contribution < 1.29 is 22.8 Å². The Bertz CT molecular complexity index is 512. The van der Waals surface area contributed by atoms with Crippen molar-refractivity contribution in [1.82, 2.24) is 4.98 Å². The van der Waals surface area contributed by atoms with Crippen molar-refractivity contribution >= 4 is 21.6 Å². The number of rotatable bonds is 2. The van der Waals surface area contributed by atoms with E-state index in [0.717, 1.165) is 0 Å². The Kier molecular flexibility index (Phi) is 3.52. The number of nitrogens with zero attached hydrogens (tertiary/aromatic N) is 3. The van der Waals surface area contributed by atoms with Crippen LogP contribution in [0.2, 0.25) is 0 Å². The Balaban J connectivity index is 3.42. The summed E-state index contributed by atoms with van der Waals surface area (Å²) < 4.78 is 39.2. The molecule has 0 N–H and O–H groups in total. The molecule has 90 valence electrons. The molecule has 0 atom stereocenters. The molecule has 0 aliphatic rings. The Morgan fingerprint density at radius 3 is 2.59 bits per heavy atom. The van der Waals surface area contributed by atoms with Gasteiger partial charge in [-0.25, -0.2) is 4.98 Å². The maximum Gasteiger partial charge on any atom is 0.573 e. The molecule has 0 unspecified atom stereocenters. The minimum atomic E-state index is -5.10. The van der Waals surface area contributed by atoms with E-state index >= 15 is 0 Å². The molecule has 0 aliphatic carbocycles. The zero-order valence-corrected chi connectivity index (χ0v) is 9.24. The summed E-state index contributed by atoms with van der Waals surface area (Å²) in [5.74, 6) is -1.10. The van der Waals surface area contributed by atoms with Gasteiger partial charge in [-0.15, -0.1) is 13.2 Å². The zero-order valence-electron chi connectivity index (χ0n) is 7.66. The predicted octanol–water partition coefficient (Wildman–Crippen LogP) is 2.52. The van der Waals surface area contributed by atoms with Gasteiger partial charge in [0.1, 0.15) is 10.7 Å². The summed E-state index contributed by atoms with van der Waals surface area (Å²) in [7, 11) is 0. The van der Waals surface area contributed by atoms with Crippen LogP contribution in [0.1, 0.15) is 5.69 Å². The Morgan fingerprint density at radius 2 is 2.18 bits per heavy atom. The lowest BCUT2D eigenvalue weighted by Crippen LogP contribution is -2.18. The van der Waals surface area contributed by atoms with Crippen molar-refractivity contribution in [3.63, 3.8) is 0 Å². The first-order valence-corrected chi connectivity index (χ1v) is 4.54. The zero-order chi connectivity index (χ0) is 13.2. The Hall–Kier alpha value is -1.89. The molecule has 1 aromatic heterocycles. The van der Waals surface area contributed by atoms with Gasteiger partial charge in [0, 0.05) is 6.07 Å². The summed E-state index contributed by atoms with van der Waals surface area (Å²) in [6, 6.07) is 1.97. The predicted molar refractivity (Wildman–Crippen MR) is 50.0 cm³/mol. The van der Waals surface area contributed by atoms with Crippen molar-refractivity contribution in [2.45, 2.75) is 6.36 Å². The highest BCUT2D eigenvalue weighted by molar-refractivity contribution is 9.10. The van der Waals surface area contributed by atoms with Gasteiger partial charge in [0.2, 0.25) is 11.4 Å². The number of pyridine rings is 1. The smallest absolute Gasteiger partial charge is 0.398 e. The van der Waals surface area contributed by atoms with E-state index in [0.29, 0.717) is 6.07 Å². The second kappa shape index (κ2) is 4.54. The number of aromatic nitrogens is 1. The summed E-state index contributed by atoms with van der Waals surface area (Å²) >= 11 is 2.71. The molecule has 0 amide bonds. The minimum Gasteiger partial charge on any atom is -0.398 e. The third-order valence-electron chi connectivity index (χ3n) is 1.44. The Labute approximate surface area is 99.9 Å². The number of ether oxygens (including phenoxy) is 1. The highest BCUT2D eigenvalue weighted by atomic mass is 79.9. The van der Waals surface area contributed by atoms with E-state index in [9.17, 15) is 23.3 Å². The number of nitro groups is 1. The number of halogens is 4. The largest absolute Gasteiger partial charge is 0.573 e. The van der Waals surface area contributed by atoms with Crippen molar-refractivity contribution in [3.05, 3.63) is 26.5 Å². The first-order chi connectivity index (χ1) is 7.74. The van der Waals surface area contributed by atoms with Crippen molar-refractivity contribution in [2.24, 2.45) is 0 Å².